The molecule has 3 aromatic heterocycles. The van der Waals surface area contributed by atoms with Gasteiger partial charge < -0.3 is 40.3 Å². The number of aromatic nitrogens is 3. The maximum Gasteiger partial charge on any atom is 1.00 e. The van der Waals surface area contributed by atoms with Gasteiger partial charge in [0.15, 0.2) is 5.78 Å². The van der Waals surface area contributed by atoms with Crippen molar-refractivity contribution in [2.45, 2.75) is 76.0 Å². The molecule has 0 bridgehead atoms. The summed E-state index contributed by atoms with van der Waals surface area (Å²) in [5.41, 5.74) is 6.05. The van der Waals surface area contributed by atoms with Crippen molar-refractivity contribution in [3.63, 3.8) is 0 Å². The Bertz CT molecular complexity index is 2290. The molecule has 1 atom stereocenters. The maximum absolute atomic E-state index is 13.1. The number of pyridine rings is 2. The van der Waals surface area contributed by atoms with Crippen LogP contribution in [0.15, 0.2) is 73.2 Å². The smallest absolute Gasteiger partial charge is 0.377 e. The molecule has 5 aromatic rings. The van der Waals surface area contributed by atoms with Crippen LogP contribution in [0.2, 0.25) is 0 Å². The molecule has 11 nitrogen and oxygen atoms in total. The summed E-state index contributed by atoms with van der Waals surface area (Å²) >= 11 is 0. The number of piperidine rings is 1. The number of amides is 2. The molecule has 58 heavy (non-hydrogen) atoms. The number of rotatable bonds is 8. The van der Waals surface area contributed by atoms with E-state index in [0.29, 0.717) is 55.8 Å². The molecule has 0 radical (unpaired) electrons. The molecule has 1 N–H and O–H groups in total. The Morgan fingerprint density at radius 2 is 1.53 bits per heavy atom. The van der Waals surface area contributed by atoms with Gasteiger partial charge in [-0.15, -0.1) is 0 Å². The number of hydrogen-bond acceptors (Lipinski definition) is 9. The second-order valence-electron chi connectivity index (χ2n) is 15.6. The van der Waals surface area contributed by atoms with Crippen molar-refractivity contribution in [1.82, 2.24) is 19.9 Å². The normalized spacial score (nSPS) is 19.2. The Morgan fingerprint density at radius 3 is 2.28 bits per heavy atom. The van der Waals surface area contributed by atoms with Crippen LogP contribution in [-0.4, -0.2) is 87.7 Å². The molecule has 1 unspecified atom stereocenters. The molecule has 2 aromatic carbocycles. The number of ketones is 2. The van der Waals surface area contributed by atoms with Gasteiger partial charge in [-0.3, -0.25) is 29.1 Å². The molecule has 3 aliphatic heterocycles. The van der Waals surface area contributed by atoms with Gasteiger partial charge in [0.05, 0.1) is 23.3 Å². The molecule has 4 aliphatic rings. The predicted molar refractivity (Wildman–Crippen MR) is 222 cm³/mol. The van der Waals surface area contributed by atoms with Gasteiger partial charge in [-0.25, -0.2) is 4.98 Å². The van der Waals surface area contributed by atoms with E-state index in [0.717, 1.165) is 64.3 Å². The van der Waals surface area contributed by atoms with Crippen LogP contribution in [0.1, 0.15) is 78.5 Å². The van der Waals surface area contributed by atoms with Crippen molar-refractivity contribution in [3.8, 4) is 11.1 Å². The quantitative estimate of drug-likeness (QED) is 0.137. The summed E-state index contributed by atoms with van der Waals surface area (Å²) in [5, 5.41) is 2.37. The minimum atomic E-state index is -0.857. The van der Waals surface area contributed by atoms with Crippen LogP contribution >= 0.6 is 0 Å². The van der Waals surface area contributed by atoms with Gasteiger partial charge in [-0.2, -0.15) is 18.8 Å². The van der Waals surface area contributed by atoms with Crippen molar-refractivity contribution in [2.24, 2.45) is 5.92 Å². The maximum atomic E-state index is 13.1. The van der Waals surface area contributed by atoms with Gasteiger partial charge in [-0.05, 0) is 60.9 Å². The van der Waals surface area contributed by atoms with E-state index in [1.54, 1.807) is 12.1 Å². The first-order valence-corrected chi connectivity index (χ1v) is 20.2. The summed E-state index contributed by atoms with van der Waals surface area (Å²) in [6, 6.07) is 17.2. The number of aromatic amines is 1. The number of H-pyrrole nitrogens is 1. The number of Topliss-reactive ketones (excluding diaryl/α,β-unsaturated/α-hetero) is 2. The summed E-state index contributed by atoms with van der Waals surface area (Å²) in [4.78, 5) is 68.5. The fourth-order valence-electron chi connectivity index (χ4n) is 8.33. The minimum absolute atomic E-state index is 0. The van der Waals surface area contributed by atoms with E-state index in [9.17, 15) is 19.2 Å². The van der Waals surface area contributed by atoms with Crippen molar-refractivity contribution in [1.29, 1.82) is 0 Å². The third-order valence-electron chi connectivity index (χ3n) is 11.8. The summed E-state index contributed by atoms with van der Waals surface area (Å²) in [5.74, 6) is 0.690. The van der Waals surface area contributed by atoms with Crippen molar-refractivity contribution < 1.29 is 42.8 Å². The Hall–Kier alpha value is -4.82. The third kappa shape index (κ3) is 8.49. The molecule has 1 saturated carbocycles. The zero-order valence-corrected chi connectivity index (χ0v) is 33.3. The molecule has 2 amide bonds. The topological polar surface area (TPSA) is 129 Å². The van der Waals surface area contributed by atoms with Crippen LogP contribution in [0.25, 0.3) is 32.9 Å². The molecule has 3 fully saturated rings. The van der Waals surface area contributed by atoms with Crippen LogP contribution in [0.5, 0.6) is 0 Å². The number of hydrogen-bond donors (Lipinski definition) is 1. The first-order chi connectivity index (χ1) is 27.7. The van der Waals surface area contributed by atoms with Gasteiger partial charge in [-0.1, -0.05) is 25.0 Å². The molecule has 1 aliphatic carbocycles. The number of nitrogens with one attached hydrogen (secondary N) is 1. The number of carbonyl (C=O) groups excluding carboxylic acids is 4. The van der Waals surface area contributed by atoms with Gasteiger partial charge >= 0.3 is 18.9 Å². The molecule has 2 saturated heterocycles. The van der Waals surface area contributed by atoms with E-state index < -0.39 is 17.9 Å². The van der Waals surface area contributed by atoms with E-state index >= 15 is 0 Å². The molecule has 0 spiro atoms. The molecule has 296 valence electrons. The zero-order chi connectivity index (χ0) is 39.6. The second-order valence-corrected chi connectivity index (χ2v) is 15.6. The van der Waals surface area contributed by atoms with Crippen LogP contribution in [0, 0.1) is 26.7 Å². The number of carbonyl (C=O) groups is 4. The average Bonchev–Trinajstić information content (AvgIpc) is 3.70. The first-order valence-electron chi connectivity index (χ1n) is 20.2. The van der Waals surface area contributed by atoms with Crippen molar-refractivity contribution in [2.75, 3.05) is 36.0 Å². The van der Waals surface area contributed by atoms with Crippen LogP contribution in [-0.2, 0) is 14.3 Å². The fraction of sp³-hybridized carbons (Fsp3) is 0.370. The summed E-state index contributed by atoms with van der Waals surface area (Å²) in [7, 11) is 0. The van der Waals surface area contributed by atoms with Crippen LogP contribution < -0.4 is 28.7 Å². The monoisotopic (exact) mass is 772 g/mol. The van der Waals surface area contributed by atoms with Gasteiger partial charge in [0.1, 0.15) is 11.6 Å². The van der Waals surface area contributed by atoms with Crippen molar-refractivity contribution >= 4 is 56.7 Å². The zero-order valence-electron chi connectivity index (χ0n) is 33.3. The summed E-state index contributed by atoms with van der Waals surface area (Å²) in [6.45, 7) is 15.4. The number of fused-ring (bicyclic) bond motifs is 4. The SMILES string of the molecule is [CH2-]C1CCN(c2ccc(-c3ccc4c(c3)[nH]c3ccncc34)cn2)CC1.[CH2-]CC(C[CH2-])OC1CN(c2ccc3c(c2)C(=O)N(C2CCC(=O)CCCC2=O)C3=O)C1.[Li+]. The molecule has 6 heterocycles. The summed E-state index contributed by atoms with van der Waals surface area (Å²) < 4.78 is 5.95. The Morgan fingerprint density at radius 1 is 0.776 bits per heavy atom. The largest absolute Gasteiger partial charge is 1.00 e. The van der Waals surface area contributed by atoms with Gasteiger partial charge in [0, 0.05) is 103 Å². The van der Waals surface area contributed by atoms with Crippen LogP contribution in [0.3, 0.4) is 0 Å². The second kappa shape index (κ2) is 18.0. The number of anilines is 2. The standard InChI is InChI=1S/C24H28N2O5.C22H21N4.Li/c1-3-17(4-2)31-18-13-25(14-18)15-8-10-19-20(12-15)24(30)26(23(19)29)21-11-9-16(27)6-5-7-22(21)28;1-15-7-10-26(11-8-15)22-5-3-17(13-24-22)16-2-4-18-19-14-23-9-6-20(19)25-21(18)12-16;/h8,10,12,17-18,21H,1-7,9,11,13-14H2;2-6,9,12-15,25H,1,7-8,10-11H2;/q-2;-1;+1. The van der Waals surface area contributed by atoms with E-state index in [1.807, 2.05) is 30.7 Å². The predicted octanol–water partition coefficient (Wildman–Crippen LogP) is 4.61. The Kier molecular flexibility index (Phi) is 12.8. The number of ether oxygens (including phenoxy) is 1. The van der Waals surface area contributed by atoms with E-state index in [4.69, 9.17) is 9.72 Å². The molecule has 9 rings (SSSR count). The van der Waals surface area contributed by atoms with E-state index in [-0.39, 0.29) is 61.9 Å². The first kappa shape index (κ1) is 41.3. The third-order valence-corrected chi connectivity index (χ3v) is 11.8. The number of imide groups is 1. The van der Waals surface area contributed by atoms with E-state index in [1.165, 1.54) is 10.9 Å². The van der Waals surface area contributed by atoms with Gasteiger partial charge in [0.25, 0.3) is 11.8 Å². The van der Waals surface area contributed by atoms with Crippen molar-refractivity contribution in [3.05, 3.63) is 105 Å². The van der Waals surface area contributed by atoms with Gasteiger partial charge in [0.2, 0.25) is 0 Å². The average molecular weight is 773 g/mol. The molecule has 12 heteroatoms. The Labute approximate surface area is 352 Å². The minimum Gasteiger partial charge on any atom is -0.377 e. The van der Waals surface area contributed by atoms with E-state index in [2.05, 4.69) is 70.9 Å². The number of benzene rings is 2. The Balaban J connectivity index is 0.000000176. The fourth-order valence-corrected chi connectivity index (χ4v) is 8.33. The van der Waals surface area contributed by atoms with Crippen LogP contribution in [0.4, 0.5) is 11.5 Å². The number of nitrogens with zero attached hydrogens (tertiary/aromatic N) is 5. The summed E-state index contributed by atoms with van der Waals surface area (Å²) in [6.07, 6.45) is 11.0. The molecular weight excluding hydrogens is 723 g/mol. The molecular formula is C46H49LiN6O5-2.